The largest absolute Gasteiger partial charge is 0.466 e. The van der Waals surface area contributed by atoms with Crippen LogP contribution in [0.4, 0.5) is 10.8 Å². The number of allylic oxidation sites excluding steroid dienone is 2. The zero-order valence-corrected chi connectivity index (χ0v) is 25.4. The Hall–Kier alpha value is -3.91. The van der Waals surface area contributed by atoms with Gasteiger partial charge in [-0.2, -0.15) is 0 Å². The van der Waals surface area contributed by atoms with Crippen molar-refractivity contribution in [2.45, 2.75) is 59.8 Å². The van der Waals surface area contributed by atoms with Gasteiger partial charge in [-0.3, -0.25) is 0 Å². The van der Waals surface area contributed by atoms with Gasteiger partial charge in [0.2, 0.25) is 0 Å². The number of carbonyl (C=O) groups excluding carboxylic acids is 2. The number of nitrogens with one attached hydrogen (secondary N) is 2. The number of rotatable bonds is 6. The van der Waals surface area contributed by atoms with Crippen molar-refractivity contribution in [2.75, 3.05) is 19.5 Å². The highest BCUT2D eigenvalue weighted by Crippen LogP contribution is 2.40. The number of thiazole rings is 1. The lowest BCUT2D eigenvalue weighted by molar-refractivity contribution is -0.137. The highest BCUT2D eigenvalue weighted by molar-refractivity contribution is 7.14. The van der Waals surface area contributed by atoms with Crippen LogP contribution in [0, 0.1) is 13.8 Å². The number of hydrogen-bond donors (Lipinski definition) is 2. The van der Waals surface area contributed by atoms with Gasteiger partial charge in [-0.25, -0.2) is 14.6 Å². The van der Waals surface area contributed by atoms with E-state index < -0.39 is 17.9 Å². The van der Waals surface area contributed by atoms with Gasteiger partial charge in [0.15, 0.2) is 5.13 Å². The molecular weight excluding hydrogens is 522 g/mol. The van der Waals surface area contributed by atoms with Crippen LogP contribution < -0.4 is 10.6 Å². The normalized spacial score (nSPS) is 14.2. The molecule has 0 bridgehead atoms. The molecule has 210 valence electrons. The first kappa shape index (κ1) is 29.1. The van der Waals surface area contributed by atoms with Crippen molar-refractivity contribution in [1.82, 2.24) is 10.3 Å². The van der Waals surface area contributed by atoms with Crippen LogP contribution in [0.15, 0.2) is 64.3 Å². The Balaban J connectivity index is 1.69. The SMILES string of the molecule is COC(=O)C1=C(C)NC(C)=C(C(=O)OC)C1c1cccc(Nc2nc(-c3c(C)cc(C(C)(C)C)cc3C)cs2)c1. The summed E-state index contributed by atoms with van der Waals surface area (Å²) >= 11 is 1.53. The Kier molecular flexibility index (Phi) is 8.21. The van der Waals surface area contributed by atoms with E-state index in [1.807, 2.05) is 24.3 Å². The van der Waals surface area contributed by atoms with E-state index in [4.69, 9.17) is 14.5 Å². The molecule has 1 aliphatic rings. The Morgan fingerprint density at radius 3 is 2.02 bits per heavy atom. The number of ether oxygens (including phenoxy) is 2. The first-order chi connectivity index (χ1) is 18.8. The van der Waals surface area contributed by atoms with E-state index in [1.165, 1.54) is 42.2 Å². The third-order valence-electron chi connectivity index (χ3n) is 7.20. The number of aromatic nitrogens is 1. The molecular formula is C32H37N3O4S. The van der Waals surface area contributed by atoms with Crippen LogP contribution in [0.5, 0.6) is 0 Å². The maximum Gasteiger partial charge on any atom is 0.336 e. The topological polar surface area (TPSA) is 89.5 Å². The van der Waals surface area contributed by atoms with Crippen LogP contribution in [0.1, 0.15) is 62.8 Å². The van der Waals surface area contributed by atoms with E-state index in [0.29, 0.717) is 22.5 Å². The highest BCUT2D eigenvalue weighted by Gasteiger charge is 2.37. The lowest BCUT2D eigenvalue weighted by atomic mass is 9.80. The van der Waals surface area contributed by atoms with Crippen LogP contribution in [0.2, 0.25) is 0 Å². The number of dihydropyridines is 1. The lowest BCUT2D eigenvalue weighted by Crippen LogP contribution is -2.32. The average Bonchev–Trinajstić information content (AvgIpc) is 3.34. The van der Waals surface area contributed by atoms with Crippen molar-refractivity contribution >= 4 is 34.1 Å². The van der Waals surface area contributed by atoms with Crippen molar-refractivity contribution in [3.05, 3.63) is 86.6 Å². The molecule has 0 saturated carbocycles. The van der Waals surface area contributed by atoms with Gasteiger partial charge in [0.1, 0.15) is 0 Å². The monoisotopic (exact) mass is 559 g/mol. The molecule has 0 unspecified atom stereocenters. The Labute approximate surface area is 240 Å². The zero-order valence-electron chi connectivity index (χ0n) is 24.6. The molecule has 1 aliphatic heterocycles. The Bertz CT molecular complexity index is 1480. The summed E-state index contributed by atoms with van der Waals surface area (Å²) in [7, 11) is 2.67. The number of esters is 2. The first-order valence-electron chi connectivity index (χ1n) is 13.2. The Morgan fingerprint density at radius 1 is 0.925 bits per heavy atom. The molecule has 0 aliphatic carbocycles. The molecule has 0 saturated heterocycles. The summed E-state index contributed by atoms with van der Waals surface area (Å²) in [6.45, 7) is 14.5. The molecule has 0 amide bonds. The fourth-order valence-electron chi connectivity index (χ4n) is 5.25. The molecule has 2 N–H and O–H groups in total. The number of aryl methyl sites for hydroxylation is 2. The lowest BCUT2D eigenvalue weighted by Gasteiger charge is -2.30. The van der Waals surface area contributed by atoms with Crippen LogP contribution in [-0.4, -0.2) is 31.1 Å². The fourth-order valence-corrected chi connectivity index (χ4v) is 5.98. The van der Waals surface area contributed by atoms with Crippen LogP contribution in [0.25, 0.3) is 11.3 Å². The van der Waals surface area contributed by atoms with Crippen LogP contribution in [-0.2, 0) is 24.5 Å². The summed E-state index contributed by atoms with van der Waals surface area (Å²) in [6.07, 6.45) is 0. The predicted octanol–water partition coefficient (Wildman–Crippen LogP) is 7.05. The van der Waals surface area contributed by atoms with Gasteiger partial charge < -0.3 is 20.1 Å². The van der Waals surface area contributed by atoms with E-state index >= 15 is 0 Å². The number of nitrogens with zero attached hydrogens (tertiary/aromatic N) is 1. The summed E-state index contributed by atoms with van der Waals surface area (Å²) in [5.74, 6) is -1.66. The van der Waals surface area contributed by atoms with E-state index in [0.717, 1.165) is 27.6 Å². The van der Waals surface area contributed by atoms with Crippen molar-refractivity contribution in [3.8, 4) is 11.3 Å². The van der Waals surface area contributed by atoms with Gasteiger partial charge in [-0.1, -0.05) is 45.0 Å². The number of anilines is 2. The molecule has 0 fully saturated rings. The molecule has 0 spiro atoms. The maximum absolute atomic E-state index is 12.8. The molecule has 7 nitrogen and oxygen atoms in total. The molecule has 0 radical (unpaired) electrons. The number of carbonyl (C=O) groups is 2. The summed E-state index contributed by atoms with van der Waals surface area (Å²) in [5, 5.41) is 9.36. The van der Waals surface area contributed by atoms with Crippen molar-refractivity contribution in [2.24, 2.45) is 0 Å². The summed E-state index contributed by atoms with van der Waals surface area (Å²) in [5.41, 5.74) is 9.40. The predicted molar refractivity (Wildman–Crippen MR) is 161 cm³/mol. The highest BCUT2D eigenvalue weighted by atomic mass is 32.1. The van der Waals surface area contributed by atoms with Gasteiger partial charge in [-0.15, -0.1) is 11.3 Å². The van der Waals surface area contributed by atoms with Crippen LogP contribution in [0.3, 0.4) is 0 Å². The van der Waals surface area contributed by atoms with Gasteiger partial charge >= 0.3 is 11.9 Å². The number of hydrogen-bond acceptors (Lipinski definition) is 8. The number of methoxy groups -OCH3 is 2. The molecule has 40 heavy (non-hydrogen) atoms. The van der Waals surface area contributed by atoms with Crippen molar-refractivity contribution in [3.63, 3.8) is 0 Å². The van der Waals surface area contributed by atoms with E-state index in [1.54, 1.807) is 13.8 Å². The standard InChI is InChI=1S/C32H37N3O4S/c1-17-13-22(32(5,6)7)14-18(2)25(17)24-16-40-31(35-24)34-23-12-10-11-21(15-23)28-26(29(36)38-8)19(3)33-20(4)27(28)30(37)39-9/h10-16,28,33H,1-9H3,(H,34,35). The Morgan fingerprint density at radius 2 is 1.50 bits per heavy atom. The minimum atomic E-state index is -0.651. The average molecular weight is 560 g/mol. The van der Waals surface area contributed by atoms with Gasteiger partial charge in [0, 0.05) is 28.0 Å². The summed E-state index contributed by atoms with van der Waals surface area (Å²) < 4.78 is 10.2. The van der Waals surface area contributed by atoms with E-state index in [-0.39, 0.29) is 5.41 Å². The molecule has 4 rings (SSSR count). The third kappa shape index (κ3) is 5.68. The summed E-state index contributed by atoms with van der Waals surface area (Å²) in [4.78, 5) is 30.6. The number of benzene rings is 2. The smallest absolute Gasteiger partial charge is 0.336 e. The quantitative estimate of drug-likeness (QED) is 0.313. The second-order valence-corrected chi connectivity index (χ2v) is 12.0. The van der Waals surface area contributed by atoms with Gasteiger partial charge in [-0.05, 0) is 67.5 Å². The molecule has 1 aromatic heterocycles. The molecule has 3 aromatic rings. The van der Waals surface area contributed by atoms with E-state index in [2.05, 4.69) is 62.8 Å². The third-order valence-corrected chi connectivity index (χ3v) is 7.96. The van der Waals surface area contributed by atoms with Crippen molar-refractivity contribution in [1.29, 1.82) is 0 Å². The molecule has 8 heteroatoms. The second-order valence-electron chi connectivity index (χ2n) is 11.1. The van der Waals surface area contributed by atoms with Gasteiger partial charge in [0.05, 0.1) is 37.0 Å². The maximum atomic E-state index is 12.8. The van der Waals surface area contributed by atoms with Gasteiger partial charge in [0.25, 0.3) is 0 Å². The minimum Gasteiger partial charge on any atom is -0.466 e. The van der Waals surface area contributed by atoms with E-state index in [9.17, 15) is 9.59 Å². The fraction of sp³-hybridized carbons (Fsp3) is 0.344. The van der Waals surface area contributed by atoms with Crippen LogP contribution >= 0.6 is 11.3 Å². The molecule has 2 aromatic carbocycles. The second kappa shape index (κ2) is 11.3. The molecule has 0 atom stereocenters. The minimum absolute atomic E-state index is 0.0746. The summed E-state index contributed by atoms with van der Waals surface area (Å²) in [6, 6.07) is 12.1. The zero-order chi connectivity index (χ0) is 29.4. The molecule has 2 heterocycles. The first-order valence-corrected chi connectivity index (χ1v) is 14.0. The van der Waals surface area contributed by atoms with Crippen molar-refractivity contribution < 1.29 is 19.1 Å².